The van der Waals surface area contributed by atoms with E-state index in [1.807, 2.05) is 27.8 Å². The van der Waals surface area contributed by atoms with Gasteiger partial charge in [-0.15, -0.1) is 0 Å². The lowest BCUT2D eigenvalue weighted by atomic mass is 9.94. The second-order valence-corrected chi connectivity index (χ2v) is 17.6. The molecule has 3 aliphatic rings. The van der Waals surface area contributed by atoms with E-state index in [-0.39, 0.29) is 29.6 Å². The monoisotopic (exact) mass is 768 g/mol. The predicted octanol–water partition coefficient (Wildman–Crippen LogP) is 7.13. The highest BCUT2D eigenvalue weighted by molar-refractivity contribution is 8.76. The van der Waals surface area contributed by atoms with Crippen molar-refractivity contribution in [3.8, 4) is 11.5 Å². The van der Waals surface area contributed by atoms with Crippen LogP contribution >= 0.6 is 21.6 Å². The topological polar surface area (TPSA) is 147 Å². The number of aliphatic hydroxyl groups is 1. The van der Waals surface area contributed by atoms with E-state index >= 15 is 0 Å². The second kappa shape index (κ2) is 21.7. The molecule has 5 rings (SSSR count). The van der Waals surface area contributed by atoms with Gasteiger partial charge >= 0.3 is 5.97 Å². The number of ether oxygens (including phenoxy) is 2. The van der Waals surface area contributed by atoms with Gasteiger partial charge in [0.15, 0.2) is 17.5 Å². The molecule has 292 valence electrons. The van der Waals surface area contributed by atoms with E-state index in [1.54, 1.807) is 10.8 Å². The van der Waals surface area contributed by atoms with Gasteiger partial charge in [0.2, 0.25) is 5.91 Å². The molecule has 0 aromatic heterocycles. The van der Waals surface area contributed by atoms with E-state index in [0.717, 1.165) is 75.5 Å². The first kappa shape index (κ1) is 41.1. The van der Waals surface area contributed by atoms with Crippen LogP contribution in [0.15, 0.2) is 47.5 Å². The van der Waals surface area contributed by atoms with Gasteiger partial charge in [0.05, 0.1) is 18.1 Å². The molecule has 10 nitrogen and oxygen atoms in total. The number of esters is 1. The maximum atomic E-state index is 13.2. The van der Waals surface area contributed by atoms with Crippen LogP contribution in [0, 0.1) is 11.8 Å². The first-order valence-corrected chi connectivity index (χ1v) is 22.2. The number of aliphatic hydroxyl groups excluding tert-OH is 1. The van der Waals surface area contributed by atoms with E-state index in [0.29, 0.717) is 80.8 Å². The van der Waals surface area contributed by atoms with Gasteiger partial charge in [0.25, 0.3) is 0 Å². The van der Waals surface area contributed by atoms with Gasteiger partial charge in [0.1, 0.15) is 6.10 Å². The second-order valence-electron chi connectivity index (χ2n) is 15.1. The number of guanidine groups is 1. The molecule has 53 heavy (non-hydrogen) atoms. The van der Waals surface area contributed by atoms with E-state index in [9.17, 15) is 19.8 Å². The molecular weight excluding hydrogens is 709 g/mol. The molecular formula is C41H60N4O6S2. The van der Waals surface area contributed by atoms with Crippen molar-refractivity contribution in [1.82, 2.24) is 10.2 Å². The third-order valence-corrected chi connectivity index (χ3v) is 12.9. The summed E-state index contributed by atoms with van der Waals surface area (Å²) >= 11 is 0. The van der Waals surface area contributed by atoms with Crippen LogP contribution in [-0.2, 0) is 33.7 Å². The Balaban J connectivity index is 1.28. The van der Waals surface area contributed by atoms with E-state index in [1.165, 1.54) is 12.5 Å². The Labute approximate surface area is 323 Å². The normalized spacial score (nSPS) is 25.0. The zero-order chi connectivity index (χ0) is 37.4. The SMILES string of the molecule is CC(=O)O[C@H]1CCc2cc(c(O)c(OC3CCCC3)c2)CN2C[C@H](CCNC(N)=NCSSC[C@@H](CCc3ccccc3)CCCC[C@H](O)C1)CC2=O. The van der Waals surface area contributed by atoms with E-state index in [4.69, 9.17) is 15.2 Å². The standard InChI is InChI=1S/C41H60N4O6S2/c1-29(46)50-37-18-17-32-21-34(40(49)38(22-32)51-36-13-7-8-14-36)26-45-25-33(23-39(45)48)19-20-43-41(42)44-28-53-52-27-31(11-5-6-12-35(47)24-37)16-15-30-9-3-2-4-10-30/h2-4,9-10,21-22,31,33,35-37,47,49H,5-8,11-20,23-28H2,1H3,(H3,42,43,44)/t31-,33-,35+,37+/m1/s1. The minimum absolute atomic E-state index is 0.0553. The molecule has 2 fully saturated rings. The minimum Gasteiger partial charge on any atom is -0.504 e. The number of aryl methyl sites for hydroxylation is 2. The van der Waals surface area contributed by atoms with Crippen molar-refractivity contribution in [3.05, 3.63) is 59.2 Å². The predicted molar refractivity (Wildman–Crippen MR) is 215 cm³/mol. The summed E-state index contributed by atoms with van der Waals surface area (Å²) < 4.78 is 12.1. The number of nitrogens with zero attached hydrogens (tertiary/aromatic N) is 2. The molecule has 0 unspecified atom stereocenters. The Morgan fingerprint density at radius 2 is 1.79 bits per heavy atom. The zero-order valence-electron chi connectivity index (χ0n) is 31.4. The third kappa shape index (κ3) is 14.2. The number of carbonyl (C=O) groups excluding carboxylic acids is 2. The minimum atomic E-state index is -0.576. The molecule has 1 saturated carbocycles. The van der Waals surface area contributed by atoms with Gasteiger partial charge in [0, 0.05) is 50.7 Å². The number of nitrogens with one attached hydrogen (secondary N) is 1. The summed E-state index contributed by atoms with van der Waals surface area (Å²) in [4.78, 5) is 31.6. The lowest BCUT2D eigenvalue weighted by molar-refractivity contribution is -0.148. The summed E-state index contributed by atoms with van der Waals surface area (Å²) in [5, 5.41) is 25.7. The number of hydrogen-bond acceptors (Lipinski definition) is 11. The molecule has 0 radical (unpaired) electrons. The van der Waals surface area contributed by atoms with Crippen LogP contribution in [0.5, 0.6) is 11.5 Å². The van der Waals surface area contributed by atoms with Gasteiger partial charge in [-0.1, -0.05) is 70.8 Å². The van der Waals surface area contributed by atoms with Crippen molar-refractivity contribution in [1.29, 1.82) is 0 Å². The largest absolute Gasteiger partial charge is 0.504 e. The van der Waals surface area contributed by atoms with Crippen LogP contribution in [0.3, 0.4) is 0 Å². The molecule has 2 aromatic rings. The summed E-state index contributed by atoms with van der Waals surface area (Å²) in [6.45, 7) is 2.95. The van der Waals surface area contributed by atoms with Gasteiger partial charge < -0.3 is 35.6 Å². The number of phenolic OH excluding ortho intramolecular Hbond substituents is 1. The Morgan fingerprint density at radius 3 is 2.58 bits per heavy atom. The highest BCUT2D eigenvalue weighted by Gasteiger charge is 2.31. The number of carbonyl (C=O) groups is 2. The summed E-state index contributed by atoms with van der Waals surface area (Å²) in [6, 6.07) is 14.5. The molecule has 12 heteroatoms. The average Bonchev–Trinajstić information content (AvgIpc) is 3.77. The first-order valence-electron chi connectivity index (χ1n) is 19.7. The van der Waals surface area contributed by atoms with Crippen LogP contribution in [0.2, 0.25) is 0 Å². The van der Waals surface area contributed by atoms with Crippen molar-refractivity contribution < 1.29 is 29.3 Å². The number of rotatable bonds is 6. The molecule has 5 N–H and O–H groups in total. The fraction of sp³-hybridized carbons (Fsp3) is 0.634. The Morgan fingerprint density at radius 1 is 1.02 bits per heavy atom. The smallest absolute Gasteiger partial charge is 0.302 e. The molecule has 2 aliphatic heterocycles. The van der Waals surface area contributed by atoms with Crippen LogP contribution in [-0.4, -0.2) is 76.0 Å². The molecule has 0 spiro atoms. The van der Waals surface area contributed by atoms with Gasteiger partial charge in [-0.05, 0) is 99.7 Å². The fourth-order valence-corrected chi connectivity index (χ4v) is 9.90. The number of aromatic hydroxyl groups is 1. The molecule has 2 heterocycles. The number of nitrogens with two attached hydrogens (primary N) is 1. The Hall–Kier alpha value is -3.09. The molecule has 2 aromatic carbocycles. The van der Waals surface area contributed by atoms with Gasteiger partial charge in [-0.25, -0.2) is 4.99 Å². The molecule has 1 saturated heterocycles. The Bertz CT molecular complexity index is 1470. The average molecular weight is 769 g/mol. The molecule has 1 aliphatic carbocycles. The summed E-state index contributed by atoms with van der Waals surface area (Å²) in [6.07, 6.45) is 11.7. The summed E-state index contributed by atoms with van der Waals surface area (Å²) in [7, 11) is 3.55. The lowest BCUT2D eigenvalue weighted by Gasteiger charge is -2.23. The highest BCUT2D eigenvalue weighted by Crippen LogP contribution is 2.37. The maximum Gasteiger partial charge on any atom is 0.302 e. The van der Waals surface area contributed by atoms with E-state index in [2.05, 4.69) is 40.6 Å². The van der Waals surface area contributed by atoms with Crippen molar-refractivity contribution in [3.63, 3.8) is 0 Å². The summed E-state index contributed by atoms with van der Waals surface area (Å²) in [5.74, 6) is 2.97. The summed E-state index contributed by atoms with van der Waals surface area (Å²) in [5.41, 5.74) is 9.15. The first-order chi connectivity index (χ1) is 25.7. The van der Waals surface area contributed by atoms with Crippen LogP contribution in [0.1, 0.15) is 107 Å². The number of fused-ring (bicyclic) bond motifs is 4. The number of benzene rings is 2. The maximum absolute atomic E-state index is 13.2. The number of phenols is 1. The highest BCUT2D eigenvalue weighted by atomic mass is 33.1. The number of aliphatic imine (C=N–C) groups is 1. The third-order valence-electron chi connectivity index (χ3n) is 10.7. The van der Waals surface area contributed by atoms with Gasteiger partial charge in [-0.3, -0.25) is 9.59 Å². The van der Waals surface area contributed by atoms with Crippen LogP contribution < -0.4 is 15.8 Å². The lowest BCUT2D eigenvalue weighted by Crippen LogP contribution is -2.33. The van der Waals surface area contributed by atoms with Crippen LogP contribution in [0.25, 0.3) is 0 Å². The van der Waals surface area contributed by atoms with Crippen molar-refractivity contribution in [2.45, 2.75) is 128 Å². The van der Waals surface area contributed by atoms with E-state index < -0.39 is 12.2 Å². The molecule has 1 amide bonds. The quantitative estimate of drug-likeness (QED) is 0.177. The van der Waals surface area contributed by atoms with Crippen molar-refractivity contribution in [2.75, 3.05) is 24.7 Å². The zero-order valence-corrected chi connectivity index (χ0v) is 33.0. The number of hydrogen-bond donors (Lipinski definition) is 4. The fourth-order valence-electron chi connectivity index (χ4n) is 7.76. The van der Waals surface area contributed by atoms with Crippen molar-refractivity contribution in [2.24, 2.45) is 22.6 Å². The van der Waals surface area contributed by atoms with Gasteiger partial charge in [-0.2, -0.15) is 0 Å². The molecule has 4 atom stereocenters. The Kier molecular flexibility index (Phi) is 16.8. The number of amides is 1. The molecule has 4 bridgehead atoms. The van der Waals surface area contributed by atoms with Crippen molar-refractivity contribution >= 4 is 39.4 Å². The van der Waals surface area contributed by atoms with Crippen LogP contribution in [0.4, 0.5) is 0 Å².